The summed E-state index contributed by atoms with van der Waals surface area (Å²) in [5, 5.41) is 3.12. The van der Waals surface area contributed by atoms with E-state index in [9.17, 15) is 18.0 Å². The highest BCUT2D eigenvalue weighted by Crippen LogP contribution is 2.34. The van der Waals surface area contributed by atoms with E-state index in [1.54, 1.807) is 0 Å². The molecule has 0 bridgehead atoms. The molecule has 2 fully saturated rings. The van der Waals surface area contributed by atoms with Crippen LogP contribution in [0.25, 0.3) is 0 Å². The maximum absolute atomic E-state index is 12.8. The Hall–Kier alpha value is -1.54. The smallest absolute Gasteiger partial charge is 0.355 e. The van der Waals surface area contributed by atoms with Crippen LogP contribution >= 0.6 is 11.6 Å². The Balaban J connectivity index is 1.51. The van der Waals surface area contributed by atoms with E-state index in [2.05, 4.69) is 42.9 Å². The number of rotatable bonds is 5. The first-order chi connectivity index (χ1) is 14.9. The van der Waals surface area contributed by atoms with Crippen LogP contribution in [0, 0.1) is 17.8 Å². The number of hydrogen-bond donors (Lipinski definition) is 1. The summed E-state index contributed by atoms with van der Waals surface area (Å²) in [6.07, 6.45) is -1.19. The average Bonchev–Trinajstić information content (AvgIpc) is 2.71. The lowest BCUT2D eigenvalue weighted by Gasteiger charge is -2.45. The summed E-state index contributed by atoms with van der Waals surface area (Å²) in [5.74, 6) is 1.58. The molecule has 2 aliphatic heterocycles. The lowest BCUT2D eigenvalue weighted by Crippen LogP contribution is -2.56. The monoisotopic (exact) mass is 474 g/mol. The summed E-state index contributed by atoms with van der Waals surface area (Å²) in [5.41, 5.74) is -0.975. The number of nitrogens with zero attached hydrogens (tertiary/aromatic N) is 3. The van der Waals surface area contributed by atoms with Crippen molar-refractivity contribution in [1.29, 1.82) is 0 Å². The average molecular weight is 475 g/mol. The van der Waals surface area contributed by atoms with Gasteiger partial charge >= 0.3 is 6.18 Å². The number of halogens is 4. The van der Waals surface area contributed by atoms with E-state index in [4.69, 9.17) is 11.6 Å². The molecular weight excluding hydrogens is 441 g/mol. The van der Waals surface area contributed by atoms with Crippen LogP contribution in [0.1, 0.15) is 52.5 Å². The van der Waals surface area contributed by atoms with Crippen LogP contribution in [0.5, 0.6) is 0 Å². The second-order valence-corrected chi connectivity index (χ2v) is 10.6. The Morgan fingerprint density at radius 1 is 1.19 bits per heavy atom. The highest BCUT2D eigenvalue weighted by molar-refractivity contribution is 6.33. The van der Waals surface area contributed by atoms with Crippen molar-refractivity contribution < 1.29 is 18.0 Å². The predicted molar refractivity (Wildman–Crippen MR) is 121 cm³/mol. The van der Waals surface area contributed by atoms with Crippen LogP contribution < -0.4 is 10.2 Å². The lowest BCUT2D eigenvalue weighted by molar-refractivity contribution is -0.137. The molecule has 2 unspecified atom stereocenters. The van der Waals surface area contributed by atoms with Crippen molar-refractivity contribution in [1.82, 2.24) is 15.2 Å². The van der Waals surface area contributed by atoms with Gasteiger partial charge in [-0.25, -0.2) is 4.98 Å². The molecule has 2 aliphatic rings. The Kier molecular flexibility index (Phi) is 7.65. The zero-order valence-corrected chi connectivity index (χ0v) is 20.1. The molecule has 180 valence electrons. The molecule has 2 saturated heterocycles. The molecule has 32 heavy (non-hydrogen) atoms. The minimum atomic E-state index is -4.47. The Morgan fingerprint density at radius 3 is 2.31 bits per heavy atom. The van der Waals surface area contributed by atoms with Gasteiger partial charge in [0, 0.05) is 50.4 Å². The standard InChI is InChI=1S/C23H34ClF3N4O/c1-15-9-16(2)13-31(12-15)22(3,4)14-29-21(32)17-5-7-30(8-6-17)20-19(24)10-18(11-28-20)23(25,26)27/h10-11,15-17H,5-9,12-14H2,1-4H3,(H,29,32). The molecule has 1 aromatic heterocycles. The summed E-state index contributed by atoms with van der Waals surface area (Å²) in [6, 6.07) is 0.910. The number of anilines is 1. The van der Waals surface area contributed by atoms with Crippen molar-refractivity contribution >= 4 is 23.3 Å². The van der Waals surface area contributed by atoms with Crippen molar-refractivity contribution in [2.75, 3.05) is 37.6 Å². The van der Waals surface area contributed by atoms with Crippen LogP contribution in [-0.2, 0) is 11.0 Å². The maximum Gasteiger partial charge on any atom is 0.417 e. The molecule has 1 amide bonds. The van der Waals surface area contributed by atoms with E-state index >= 15 is 0 Å². The fourth-order valence-corrected chi connectivity index (χ4v) is 5.17. The largest absolute Gasteiger partial charge is 0.417 e. The molecule has 9 heteroatoms. The molecule has 2 atom stereocenters. The van der Waals surface area contributed by atoms with Gasteiger partial charge in [0.15, 0.2) is 0 Å². The fourth-order valence-electron chi connectivity index (χ4n) is 4.89. The topological polar surface area (TPSA) is 48.5 Å². The van der Waals surface area contributed by atoms with E-state index in [0.717, 1.165) is 25.4 Å². The number of piperidine rings is 2. The summed E-state index contributed by atoms with van der Waals surface area (Å²) in [7, 11) is 0. The van der Waals surface area contributed by atoms with Crippen LogP contribution in [0.4, 0.5) is 19.0 Å². The summed E-state index contributed by atoms with van der Waals surface area (Å²) >= 11 is 6.07. The first-order valence-electron chi connectivity index (χ1n) is 11.4. The van der Waals surface area contributed by atoms with Gasteiger partial charge in [0.05, 0.1) is 10.6 Å². The van der Waals surface area contributed by atoms with E-state index in [-0.39, 0.29) is 22.4 Å². The van der Waals surface area contributed by atoms with Gasteiger partial charge in [-0.1, -0.05) is 25.4 Å². The number of hydrogen-bond acceptors (Lipinski definition) is 4. The van der Waals surface area contributed by atoms with Gasteiger partial charge in [-0.15, -0.1) is 0 Å². The van der Waals surface area contributed by atoms with Crippen LogP contribution in [0.2, 0.25) is 5.02 Å². The van der Waals surface area contributed by atoms with E-state index in [1.165, 1.54) is 6.42 Å². The van der Waals surface area contributed by atoms with Crippen molar-refractivity contribution in [3.8, 4) is 0 Å². The third-order valence-electron chi connectivity index (χ3n) is 6.73. The van der Waals surface area contributed by atoms with Gasteiger partial charge in [-0.2, -0.15) is 13.2 Å². The summed E-state index contributed by atoms with van der Waals surface area (Å²) in [4.78, 5) is 21.1. The van der Waals surface area contributed by atoms with Gasteiger partial charge < -0.3 is 10.2 Å². The molecule has 3 rings (SSSR count). The fraction of sp³-hybridized carbons (Fsp3) is 0.739. The number of carbonyl (C=O) groups excluding carboxylic acids is 1. The summed E-state index contributed by atoms with van der Waals surface area (Å²) < 4.78 is 38.5. The first-order valence-corrected chi connectivity index (χ1v) is 11.7. The quantitative estimate of drug-likeness (QED) is 0.663. The molecule has 3 heterocycles. The van der Waals surface area contributed by atoms with Gasteiger partial charge in [0.1, 0.15) is 5.82 Å². The molecule has 0 aliphatic carbocycles. The minimum absolute atomic E-state index is 0.0190. The number of nitrogens with one attached hydrogen (secondary N) is 1. The molecule has 1 aromatic rings. The third-order valence-corrected chi connectivity index (χ3v) is 7.01. The second kappa shape index (κ2) is 9.75. The maximum atomic E-state index is 12.8. The molecule has 0 saturated carbocycles. The van der Waals surface area contributed by atoms with Crippen LogP contribution in [0.15, 0.2) is 12.3 Å². The summed E-state index contributed by atoms with van der Waals surface area (Å²) in [6.45, 7) is 12.7. The normalized spacial score (nSPS) is 23.9. The van der Waals surface area contributed by atoms with Crippen molar-refractivity contribution in [2.24, 2.45) is 17.8 Å². The van der Waals surface area contributed by atoms with Gasteiger partial charge in [-0.3, -0.25) is 9.69 Å². The number of alkyl halides is 3. The highest BCUT2D eigenvalue weighted by atomic mass is 35.5. The van der Waals surface area contributed by atoms with Crippen molar-refractivity contribution in [3.63, 3.8) is 0 Å². The molecule has 0 aromatic carbocycles. The Bertz CT molecular complexity index is 799. The molecule has 5 nitrogen and oxygen atoms in total. The third kappa shape index (κ3) is 6.07. The zero-order valence-electron chi connectivity index (χ0n) is 19.3. The lowest BCUT2D eigenvalue weighted by atomic mass is 9.87. The number of likely N-dealkylation sites (tertiary alicyclic amines) is 1. The number of aromatic nitrogens is 1. The number of pyridine rings is 1. The zero-order chi connectivity index (χ0) is 23.7. The second-order valence-electron chi connectivity index (χ2n) is 10.2. The van der Waals surface area contributed by atoms with Gasteiger partial charge in [0.2, 0.25) is 5.91 Å². The first kappa shape index (κ1) is 25.1. The van der Waals surface area contributed by atoms with E-state index in [1.807, 2.05) is 4.90 Å². The minimum Gasteiger partial charge on any atom is -0.355 e. The molecule has 0 radical (unpaired) electrons. The number of carbonyl (C=O) groups is 1. The van der Waals surface area contributed by atoms with Crippen molar-refractivity contribution in [2.45, 2.75) is 58.7 Å². The van der Waals surface area contributed by atoms with Gasteiger partial charge in [-0.05, 0) is 51.0 Å². The Labute approximate surface area is 193 Å². The van der Waals surface area contributed by atoms with E-state index < -0.39 is 11.7 Å². The van der Waals surface area contributed by atoms with Gasteiger partial charge in [0.25, 0.3) is 0 Å². The predicted octanol–water partition coefficient (Wildman–Crippen LogP) is 4.84. The Morgan fingerprint density at radius 2 is 1.78 bits per heavy atom. The van der Waals surface area contributed by atoms with Crippen LogP contribution in [-0.4, -0.2) is 54.1 Å². The molecular formula is C23H34ClF3N4O. The van der Waals surface area contributed by atoms with Crippen LogP contribution in [0.3, 0.4) is 0 Å². The van der Waals surface area contributed by atoms with E-state index in [0.29, 0.717) is 50.1 Å². The van der Waals surface area contributed by atoms with Crippen molar-refractivity contribution in [3.05, 3.63) is 22.8 Å². The highest BCUT2D eigenvalue weighted by Gasteiger charge is 2.35. The molecule has 0 spiro atoms. The number of amides is 1. The molecule has 1 N–H and O–H groups in total. The SMILES string of the molecule is CC1CC(C)CN(C(C)(C)CNC(=O)C2CCN(c3ncc(C(F)(F)F)cc3Cl)CC2)C1.